The van der Waals surface area contributed by atoms with Crippen LogP contribution in [0.25, 0.3) is 0 Å². The Balaban J connectivity index is 1.70. The molecule has 1 amide bonds. The van der Waals surface area contributed by atoms with E-state index in [0.29, 0.717) is 25.0 Å². The number of ether oxygens (including phenoxy) is 2. The van der Waals surface area contributed by atoms with E-state index in [1.807, 2.05) is 25.7 Å². The molecule has 1 saturated carbocycles. The van der Waals surface area contributed by atoms with Crippen LogP contribution in [0.15, 0.2) is 0 Å². The maximum absolute atomic E-state index is 12.4. The van der Waals surface area contributed by atoms with E-state index in [1.54, 1.807) is 0 Å². The van der Waals surface area contributed by atoms with Crippen molar-refractivity contribution in [1.29, 1.82) is 0 Å². The molecule has 4 aliphatic rings. The number of nitrogens with zero attached hydrogens (tertiary/aromatic N) is 1. The minimum Gasteiger partial charge on any atom is -0.459 e. The third-order valence-electron chi connectivity index (χ3n) is 5.84. The molecule has 3 aliphatic heterocycles. The van der Waals surface area contributed by atoms with Crippen molar-refractivity contribution in [1.82, 2.24) is 4.90 Å². The molecule has 5 heteroatoms. The molecule has 19 heavy (non-hydrogen) atoms. The Kier molecular flexibility index (Phi) is 1.87. The van der Waals surface area contributed by atoms with Crippen molar-refractivity contribution in [3.05, 3.63) is 0 Å². The van der Waals surface area contributed by atoms with E-state index in [0.717, 1.165) is 6.42 Å². The van der Waals surface area contributed by atoms with Gasteiger partial charge in [0.15, 0.2) is 0 Å². The van der Waals surface area contributed by atoms with E-state index < -0.39 is 5.41 Å². The monoisotopic (exact) mass is 265 g/mol. The fourth-order valence-corrected chi connectivity index (χ4v) is 4.87. The lowest BCUT2D eigenvalue weighted by Crippen LogP contribution is -2.66. The fourth-order valence-electron chi connectivity index (χ4n) is 4.87. The number of carbonyl (C=O) groups excluding carboxylic acids is 2. The van der Waals surface area contributed by atoms with Crippen molar-refractivity contribution in [2.75, 3.05) is 13.2 Å². The Morgan fingerprint density at radius 1 is 1.21 bits per heavy atom. The molecule has 0 unspecified atom stereocenters. The minimum atomic E-state index is -0.398. The molecule has 0 aromatic rings. The molecule has 104 valence electrons. The largest absolute Gasteiger partial charge is 0.459 e. The highest BCUT2D eigenvalue weighted by Crippen LogP contribution is 2.66. The van der Waals surface area contributed by atoms with Crippen molar-refractivity contribution in [3.63, 3.8) is 0 Å². The first-order chi connectivity index (χ1) is 8.84. The van der Waals surface area contributed by atoms with Gasteiger partial charge >= 0.3 is 12.1 Å². The van der Waals surface area contributed by atoms with Gasteiger partial charge in [-0.1, -0.05) is 0 Å². The van der Waals surface area contributed by atoms with Gasteiger partial charge in [0.2, 0.25) is 0 Å². The van der Waals surface area contributed by atoms with E-state index in [1.165, 1.54) is 0 Å². The second-order valence-corrected chi connectivity index (χ2v) is 7.22. The molecule has 0 aromatic heterocycles. The summed E-state index contributed by atoms with van der Waals surface area (Å²) in [4.78, 5) is 25.9. The zero-order valence-electron chi connectivity index (χ0n) is 11.5. The summed E-state index contributed by atoms with van der Waals surface area (Å²) in [6.07, 6.45) is 0.668. The second-order valence-electron chi connectivity index (χ2n) is 7.22. The molecule has 3 saturated heterocycles. The van der Waals surface area contributed by atoms with Gasteiger partial charge in [0.05, 0.1) is 11.5 Å². The number of rotatable bonds is 0. The number of fused-ring (bicyclic) bond motifs is 6. The van der Waals surface area contributed by atoms with Crippen LogP contribution in [0.2, 0.25) is 0 Å². The number of carbonyl (C=O) groups is 2. The first-order valence-electron chi connectivity index (χ1n) is 7.01. The fraction of sp³-hybridized carbons (Fsp3) is 0.857. The predicted octanol–water partition coefficient (Wildman–Crippen LogP) is 1.41. The normalized spacial score (nSPS) is 49.7. The SMILES string of the molecule is CC1(C)C[C@@H]2[C@H]3[C@H]4COC(=O)N4C[C@H]3[C@]2(C)C(=O)O1. The molecule has 0 radical (unpaired) electrons. The molecule has 3 heterocycles. The highest BCUT2D eigenvalue weighted by molar-refractivity contribution is 5.81. The molecule has 0 aromatic carbocycles. The van der Waals surface area contributed by atoms with Crippen LogP contribution in [0.1, 0.15) is 27.2 Å². The molecule has 5 nitrogen and oxygen atoms in total. The highest BCUT2D eigenvalue weighted by Gasteiger charge is 2.73. The zero-order valence-corrected chi connectivity index (χ0v) is 11.5. The number of amides is 1. The Hall–Kier alpha value is -1.26. The van der Waals surface area contributed by atoms with Crippen LogP contribution in [0.3, 0.4) is 0 Å². The van der Waals surface area contributed by atoms with Crippen LogP contribution < -0.4 is 0 Å². The lowest BCUT2D eigenvalue weighted by molar-refractivity contribution is -0.227. The van der Waals surface area contributed by atoms with E-state index >= 15 is 0 Å². The average molecular weight is 265 g/mol. The van der Waals surface area contributed by atoms with Gasteiger partial charge in [-0.15, -0.1) is 0 Å². The molecule has 1 aliphatic carbocycles. The standard InChI is InChI=1S/C14H19NO4/c1-13(2)4-7-10-8(14(7,3)11(16)19-13)5-15-9(10)6-18-12(15)17/h7-10H,4-6H2,1-3H3/t7-,8-,9-,10-,14-/m1/s1. The minimum absolute atomic E-state index is 0.0791. The summed E-state index contributed by atoms with van der Waals surface area (Å²) in [5.41, 5.74) is -0.784. The number of cyclic esters (lactones) is 2. The van der Waals surface area contributed by atoms with Crippen molar-refractivity contribution in [2.45, 2.75) is 38.8 Å². The third kappa shape index (κ3) is 1.17. The Morgan fingerprint density at radius 3 is 2.68 bits per heavy atom. The molecule has 4 fully saturated rings. The van der Waals surface area contributed by atoms with Gasteiger partial charge in [-0.05, 0) is 44.9 Å². The van der Waals surface area contributed by atoms with Crippen molar-refractivity contribution in [3.8, 4) is 0 Å². The first kappa shape index (κ1) is 11.6. The Bertz CT molecular complexity index is 488. The van der Waals surface area contributed by atoms with Gasteiger partial charge < -0.3 is 14.4 Å². The van der Waals surface area contributed by atoms with Gasteiger partial charge in [-0.2, -0.15) is 0 Å². The summed E-state index contributed by atoms with van der Waals surface area (Å²) >= 11 is 0. The van der Waals surface area contributed by atoms with Gasteiger partial charge in [0.25, 0.3) is 0 Å². The van der Waals surface area contributed by atoms with Gasteiger partial charge in [-0.25, -0.2) is 4.79 Å². The van der Waals surface area contributed by atoms with Crippen LogP contribution in [0.5, 0.6) is 0 Å². The van der Waals surface area contributed by atoms with E-state index in [9.17, 15) is 9.59 Å². The van der Waals surface area contributed by atoms with E-state index in [4.69, 9.17) is 9.47 Å². The first-order valence-corrected chi connectivity index (χ1v) is 7.01. The zero-order chi connectivity index (χ0) is 13.6. The summed E-state index contributed by atoms with van der Waals surface area (Å²) in [7, 11) is 0. The van der Waals surface area contributed by atoms with Gasteiger partial charge in [0, 0.05) is 6.54 Å². The second kappa shape index (κ2) is 3.07. The highest BCUT2D eigenvalue weighted by atomic mass is 16.6. The van der Waals surface area contributed by atoms with Crippen LogP contribution in [-0.4, -0.2) is 41.8 Å². The van der Waals surface area contributed by atoms with Crippen molar-refractivity contribution in [2.24, 2.45) is 23.2 Å². The lowest BCUT2D eigenvalue weighted by Gasteiger charge is -2.61. The quantitative estimate of drug-likeness (QED) is 0.621. The third-order valence-corrected chi connectivity index (χ3v) is 5.84. The van der Waals surface area contributed by atoms with E-state index in [2.05, 4.69) is 0 Å². The van der Waals surface area contributed by atoms with Crippen molar-refractivity contribution >= 4 is 12.1 Å². The van der Waals surface area contributed by atoms with Crippen LogP contribution in [0, 0.1) is 23.2 Å². The Morgan fingerprint density at radius 2 is 1.95 bits per heavy atom. The topological polar surface area (TPSA) is 55.8 Å². The molecular formula is C14H19NO4. The summed E-state index contributed by atoms with van der Waals surface area (Å²) in [6, 6.07) is 0.178. The summed E-state index contributed by atoms with van der Waals surface area (Å²) in [5, 5.41) is 0. The maximum atomic E-state index is 12.4. The molecule has 5 atom stereocenters. The number of esters is 1. The van der Waals surface area contributed by atoms with Crippen LogP contribution >= 0.6 is 0 Å². The number of hydrogen-bond donors (Lipinski definition) is 0. The smallest absolute Gasteiger partial charge is 0.410 e. The molecule has 4 rings (SSSR count). The van der Waals surface area contributed by atoms with E-state index in [-0.39, 0.29) is 29.6 Å². The van der Waals surface area contributed by atoms with Crippen molar-refractivity contribution < 1.29 is 19.1 Å². The summed E-state index contributed by atoms with van der Waals surface area (Å²) in [6.45, 7) is 7.10. The summed E-state index contributed by atoms with van der Waals surface area (Å²) in [5.74, 6) is 0.894. The summed E-state index contributed by atoms with van der Waals surface area (Å²) < 4.78 is 10.7. The maximum Gasteiger partial charge on any atom is 0.410 e. The molecule has 0 bridgehead atoms. The Labute approximate surface area is 112 Å². The van der Waals surface area contributed by atoms with Crippen LogP contribution in [-0.2, 0) is 14.3 Å². The molecule has 0 N–H and O–H groups in total. The lowest BCUT2D eigenvalue weighted by atomic mass is 9.44. The number of hydrogen-bond acceptors (Lipinski definition) is 4. The van der Waals surface area contributed by atoms with Crippen LogP contribution in [0.4, 0.5) is 4.79 Å². The van der Waals surface area contributed by atoms with Gasteiger partial charge in [-0.3, -0.25) is 4.79 Å². The van der Waals surface area contributed by atoms with Gasteiger partial charge in [0.1, 0.15) is 12.2 Å². The average Bonchev–Trinajstić information content (AvgIpc) is 2.83. The molecule has 0 spiro atoms. The molecular weight excluding hydrogens is 246 g/mol. The predicted molar refractivity (Wildman–Crippen MR) is 65.2 cm³/mol.